The van der Waals surface area contributed by atoms with Crippen LogP contribution in [0.15, 0.2) is 29.1 Å². The molecule has 0 unspecified atom stereocenters. The molecule has 0 spiro atoms. The lowest BCUT2D eigenvalue weighted by atomic mass is 10.2. The number of nitrogens with one attached hydrogen (secondary N) is 2. The van der Waals surface area contributed by atoms with Crippen molar-refractivity contribution in [1.82, 2.24) is 9.97 Å². The molecule has 0 aliphatic rings. The molecular weight excluding hydrogens is 287 g/mol. The highest BCUT2D eigenvalue weighted by Gasteiger charge is 2.05. The summed E-state index contributed by atoms with van der Waals surface area (Å²) in [6.07, 6.45) is 4.16. The van der Waals surface area contributed by atoms with Gasteiger partial charge in [-0.2, -0.15) is 0 Å². The molecular formula is C11H12BrFN4. The van der Waals surface area contributed by atoms with E-state index in [0.29, 0.717) is 22.4 Å². The van der Waals surface area contributed by atoms with E-state index in [-0.39, 0.29) is 5.82 Å². The Balaban J connectivity index is 1.97. The molecule has 0 saturated carbocycles. The number of nitrogens with zero attached hydrogens (tertiary/aromatic N) is 1. The van der Waals surface area contributed by atoms with E-state index in [1.165, 1.54) is 6.07 Å². The molecule has 2 rings (SSSR count). The molecule has 0 saturated heterocycles. The van der Waals surface area contributed by atoms with Gasteiger partial charge in [-0.15, -0.1) is 0 Å². The van der Waals surface area contributed by atoms with Crippen LogP contribution in [0.2, 0.25) is 0 Å². The van der Waals surface area contributed by atoms with Gasteiger partial charge < -0.3 is 16.0 Å². The summed E-state index contributed by atoms with van der Waals surface area (Å²) in [6.45, 7) is 0.660. The Morgan fingerprint density at radius 3 is 3.00 bits per heavy atom. The van der Waals surface area contributed by atoms with Gasteiger partial charge in [0.2, 0.25) is 0 Å². The number of imidazole rings is 1. The average Bonchev–Trinajstić information content (AvgIpc) is 2.78. The molecule has 0 radical (unpaired) electrons. The Morgan fingerprint density at radius 1 is 1.47 bits per heavy atom. The molecule has 0 amide bonds. The van der Waals surface area contributed by atoms with Crippen LogP contribution in [-0.4, -0.2) is 16.5 Å². The van der Waals surface area contributed by atoms with Crippen molar-refractivity contribution in [3.63, 3.8) is 0 Å². The summed E-state index contributed by atoms with van der Waals surface area (Å²) >= 11 is 3.08. The molecule has 0 atom stereocenters. The van der Waals surface area contributed by atoms with Gasteiger partial charge in [-0.25, -0.2) is 9.37 Å². The summed E-state index contributed by atoms with van der Waals surface area (Å²) in [4.78, 5) is 6.91. The van der Waals surface area contributed by atoms with E-state index in [9.17, 15) is 4.39 Å². The van der Waals surface area contributed by atoms with E-state index in [0.717, 1.165) is 12.1 Å². The third-order valence-electron chi connectivity index (χ3n) is 2.36. The first-order valence-corrected chi connectivity index (χ1v) is 5.92. The molecule has 1 heterocycles. The summed E-state index contributed by atoms with van der Waals surface area (Å²) < 4.78 is 13.7. The van der Waals surface area contributed by atoms with Crippen molar-refractivity contribution in [2.45, 2.75) is 6.42 Å². The first-order valence-electron chi connectivity index (χ1n) is 5.12. The van der Waals surface area contributed by atoms with Crippen molar-refractivity contribution in [3.8, 4) is 0 Å². The lowest BCUT2D eigenvalue weighted by molar-refractivity contribution is 0.622. The minimum Gasteiger partial charge on any atom is -0.397 e. The number of aromatic nitrogens is 2. The molecule has 0 aliphatic carbocycles. The zero-order valence-electron chi connectivity index (χ0n) is 9.00. The van der Waals surface area contributed by atoms with Crippen LogP contribution >= 0.6 is 15.9 Å². The zero-order valence-corrected chi connectivity index (χ0v) is 10.6. The Bertz CT molecular complexity index is 498. The van der Waals surface area contributed by atoms with Gasteiger partial charge in [0.05, 0.1) is 22.2 Å². The Morgan fingerprint density at radius 2 is 2.29 bits per heavy atom. The summed E-state index contributed by atoms with van der Waals surface area (Å²) in [5.41, 5.74) is 7.91. The third kappa shape index (κ3) is 2.97. The molecule has 0 aliphatic heterocycles. The van der Waals surface area contributed by atoms with E-state index >= 15 is 0 Å². The summed E-state index contributed by atoms with van der Waals surface area (Å²) in [5.74, 6) is -0.330. The Labute approximate surface area is 107 Å². The van der Waals surface area contributed by atoms with Gasteiger partial charge in [0, 0.05) is 30.9 Å². The van der Waals surface area contributed by atoms with E-state index in [1.807, 2.05) is 0 Å². The number of halogens is 2. The van der Waals surface area contributed by atoms with E-state index in [1.54, 1.807) is 18.6 Å². The maximum Gasteiger partial charge on any atom is 0.139 e. The largest absolute Gasteiger partial charge is 0.397 e. The fourth-order valence-corrected chi connectivity index (χ4v) is 1.83. The molecule has 1 aromatic carbocycles. The molecule has 0 fully saturated rings. The highest BCUT2D eigenvalue weighted by molar-refractivity contribution is 9.10. The molecule has 2 aromatic rings. The maximum absolute atomic E-state index is 13.3. The van der Waals surface area contributed by atoms with Crippen molar-refractivity contribution in [1.29, 1.82) is 0 Å². The Kier molecular flexibility index (Phi) is 3.63. The second-order valence-corrected chi connectivity index (χ2v) is 4.46. The predicted octanol–water partition coefficient (Wildman–Crippen LogP) is 2.55. The van der Waals surface area contributed by atoms with Crippen LogP contribution in [0.25, 0.3) is 0 Å². The van der Waals surface area contributed by atoms with Crippen molar-refractivity contribution < 1.29 is 4.39 Å². The maximum atomic E-state index is 13.3. The lowest BCUT2D eigenvalue weighted by Crippen LogP contribution is -2.07. The number of hydrogen-bond donors (Lipinski definition) is 3. The van der Waals surface area contributed by atoms with Gasteiger partial charge in [-0.1, -0.05) is 0 Å². The number of aromatic amines is 1. The first-order chi connectivity index (χ1) is 8.16. The zero-order chi connectivity index (χ0) is 12.3. The van der Waals surface area contributed by atoms with Crippen LogP contribution in [0.4, 0.5) is 15.8 Å². The van der Waals surface area contributed by atoms with Crippen LogP contribution < -0.4 is 11.1 Å². The molecule has 1 aromatic heterocycles. The van der Waals surface area contributed by atoms with E-state index < -0.39 is 0 Å². The van der Waals surface area contributed by atoms with Crippen LogP contribution in [0.1, 0.15) is 5.69 Å². The average molecular weight is 299 g/mol. The van der Waals surface area contributed by atoms with Crippen LogP contribution in [0.5, 0.6) is 0 Å². The van der Waals surface area contributed by atoms with Crippen molar-refractivity contribution in [2.24, 2.45) is 0 Å². The quantitative estimate of drug-likeness (QED) is 0.760. The molecule has 4 N–H and O–H groups in total. The fraction of sp³-hybridized carbons (Fsp3) is 0.182. The first kappa shape index (κ1) is 11.9. The van der Waals surface area contributed by atoms with Gasteiger partial charge >= 0.3 is 0 Å². The van der Waals surface area contributed by atoms with Gasteiger partial charge in [-0.05, 0) is 22.0 Å². The fourth-order valence-electron chi connectivity index (χ4n) is 1.47. The number of benzene rings is 1. The smallest absolute Gasteiger partial charge is 0.139 e. The monoisotopic (exact) mass is 298 g/mol. The number of H-pyrrole nitrogens is 1. The van der Waals surface area contributed by atoms with Crippen molar-refractivity contribution in [2.75, 3.05) is 17.6 Å². The van der Waals surface area contributed by atoms with Crippen LogP contribution in [0, 0.1) is 5.82 Å². The van der Waals surface area contributed by atoms with Crippen molar-refractivity contribution in [3.05, 3.63) is 40.6 Å². The van der Waals surface area contributed by atoms with Gasteiger partial charge in [0.15, 0.2) is 0 Å². The topological polar surface area (TPSA) is 66.7 Å². The normalized spacial score (nSPS) is 10.5. The summed E-state index contributed by atoms with van der Waals surface area (Å²) in [6, 6.07) is 2.93. The number of nitrogen functional groups attached to an aromatic ring is 1. The second kappa shape index (κ2) is 5.18. The molecule has 0 bridgehead atoms. The third-order valence-corrected chi connectivity index (χ3v) is 2.96. The second-order valence-electron chi connectivity index (χ2n) is 3.61. The minimum absolute atomic E-state index is 0.330. The lowest BCUT2D eigenvalue weighted by Gasteiger charge is -2.09. The van der Waals surface area contributed by atoms with Gasteiger partial charge in [-0.3, -0.25) is 0 Å². The highest BCUT2D eigenvalue weighted by atomic mass is 79.9. The standard InChI is InChI=1S/C11H12BrFN4/c12-8-3-10(14)11(4-9(8)13)16-2-1-7-5-15-6-17-7/h3-6,16H,1-2,14H2,(H,15,17). The molecule has 90 valence electrons. The van der Waals surface area contributed by atoms with Crippen molar-refractivity contribution >= 4 is 27.3 Å². The highest BCUT2D eigenvalue weighted by Crippen LogP contribution is 2.26. The number of hydrogen-bond acceptors (Lipinski definition) is 3. The summed E-state index contributed by atoms with van der Waals surface area (Å²) in [5, 5.41) is 3.09. The number of rotatable bonds is 4. The van der Waals surface area contributed by atoms with E-state index in [4.69, 9.17) is 5.73 Å². The molecule has 6 heteroatoms. The summed E-state index contributed by atoms with van der Waals surface area (Å²) in [7, 11) is 0. The van der Waals surface area contributed by atoms with Crippen LogP contribution in [0.3, 0.4) is 0 Å². The number of anilines is 2. The molecule has 17 heavy (non-hydrogen) atoms. The minimum atomic E-state index is -0.330. The Hall–Kier alpha value is -1.56. The predicted molar refractivity (Wildman–Crippen MR) is 69.3 cm³/mol. The number of nitrogens with two attached hydrogens (primary N) is 1. The van der Waals surface area contributed by atoms with Gasteiger partial charge in [0.25, 0.3) is 0 Å². The van der Waals surface area contributed by atoms with Crippen LogP contribution in [-0.2, 0) is 6.42 Å². The molecule has 4 nitrogen and oxygen atoms in total. The van der Waals surface area contributed by atoms with E-state index in [2.05, 4.69) is 31.2 Å². The SMILES string of the molecule is Nc1cc(Br)c(F)cc1NCCc1cnc[nH]1. The van der Waals surface area contributed by atoms with Gasteiger partial charge in [0.1, 0.15) is 5.82 Å².